The number of carbonyl (C=O) groups excluding carboxylic acids is 2. The van der Waals surface area contributed by atoms with E-state index in [9.17, 15) is 9.90 Å². The first-order valence-corrected chi connectivity index (χ1v) is 12.7. The molecule has 0 aromatic heterocycles. The zero-order valence-corrected chi connectivity index (χ0v) is 21.2. The molecule has 3 unspecified atom stereocenters. The fraction of sp³-hybridized carbons (Fsp3) is 0.481. The number of primary amides is 1. The number of carbonyl (C=O) groups is 2. The van der Waals surface area contributed by atoms with Crippen LogP contribution >= 0.6 is 11.6 Å². The highest BCUT2D eigenvalue weighted by Crippen LogP contribution is 2.36. The number of anilines is 1. The molecular formula is C27H35ClN4O3. The summed E-state index contributed by atoms with van der Waals surface area (Å²) >= 11 is 6.18. The summed E-state index contributed by atoms with van der Waals surface area (Å²) in [5.41, 5.74) is 7.61. The van der Waals surface area contributed by atoms with Gasteiger partial charge in [-0.2, -0.15) is 0 Å². The molecule has 8 heteroatoms. The maximum absolute atomic E-state index is 13.1. The van der Waals surface area contributed by atoms with E-state index in [1.807, 2.05) is 30.3 Å². The number of hydrogen-bond donors (Lipinski definition) is 2. The van der Waals surface area contributed by atoms with Crippen molar-refractivity contribution in [2.45, 2.75) is 50.6 Å². The van der Waals surface area contributed by atoms with E-state index in [1.54, 1.807) is 0 Å². The monoisotopic (exact) mass is 498 g/mol. The van der Waals surface area contributed by atoms with Gasteiger partial charge in [0, 0.05) is 36.4 Å². The molecule has 5 rings (SSSR count). The van der Waals surface area contributed by atoms with Crippen molar-refractivity contribution >= 4 is 29.6 Å². The molecule has 0 saturated carbocycles. The van der Waals surface area contributed by atoms with Crippen LogP contribution in [-0.4, -0.2) is 72.0 Å². The lowest BCUT2D eigenvalue weighted by Gasteiger charge is -2.36. The standard InChI is InChI=1S/C26H32ClN3O2.CH3NO/c1-17(2)24-10-18(6-7-25(24)31)19-8-9-28(13-19)16-26(32)30-15-22-12-23(30)14-29(22)21-5-3-4-20(27)11-21;2-1-3/h3-7,10-11,17,19,22-23,31H,8-9,12-16H2,1-2H3;1H,(H2,2,3). The summed E-state index contributed by atoms with van der Waals surface area (Å²) in [5.74, 6) is 1.36. The van der Waals surface area contributed by atoms with Crippen molar-refractivity contribution in [2.24, 2.45) is 5.73 Å². The van der Waals surface area contributed by atoms with Crippen LogP contribution in [0.4, 0.5) is 5.69 Å². The zero-order valence-electron chi connectivity index (χ0n) is 20.4. The molecule has 0 radical (unpaired) electrons. The Kier molecular flexibility index (Phi) is 7.87. The van der Waals surface area contributed by atoms with Gasteiger partial charge in [-0.05, 0) is 66.6 Å². The maximum Gasteiger partial charge on any atom is 0.237 e. The number of nitrogens with zero attached hydrogens (tertiary/aromatic N) is 3. The summed E-state index contributed by atoms with van der Waals surface area (Å²) in [4.78, 5) is 28.5. The average molecular weight is 499 g/mol. The number of amides is 2. The maximum atomic E-state index is 13.1. The Hall–Kier alpha value is -2.77. The molecule has 3 fully saturated rings. The average Bonchev–Trinajstić information content (AvgIpc) is 3.56. The number of phenols is 1. The number of benzene rings is 2. The summed E-state index contributed by atoms with van der Waals surface area (Å²) in [6.07, 6.45) is 2.36. The molecule has 35 heavy (non-hydrogen) atoms. The summed E-state index contributed by atoms with van der Waals surface area (Å²) < 4.78 is 0. The molecule has 3 atom stereocenters. The minimum Gasteiger partial charge on any atom is -0.508 e. The van der Waals surface area contributed by atoms with Gasteiger partial charge in [0.25, 0.3) is 0 Å². The van der Waals surface area contributed by atoms with Crippen LogP contribution in [0.25, 0.3) is 0 Å². The fourth-order valence-electron chi connectivity index (χ4n) is 5.76. The minimum atomic E-state index is 0.250. The van der Waals surface area contributed by atoms with E-state index in [0.29, 0.717) is 36.2 Å². The number of hydrogen-bond acceptors (Lipinski definition) is 5. The van der Waals surface area contributed by atoms with Gasteiger partial charge in [0.1, 0.15) is 5.75 Å². The van der Waals surface area contributed by atoms with E-state index in [2.05, 4.69) is 46.4 Å². The third kappa shape index (κ3) is 5.57. The predicted octanol–water partition coefficient (Wildman–Crippen LogP) is 3.55. The van der Waals surface area contributed by atoms with Crippen LogP contribution in [0.1, 0.15) is 49.7 Å². The number of nitrogens with two attached hydrogens (primary N) is 1. The van der Waals surface area contributed by atoms with Gasteiger partial charge < -0.3 is 20.6 Å². The number of phenolic OH excluding ortho intramolecular Hbond substituents is 1. The first-order chi connectivity index (χ1) is 16.8. The summed E-state index contributed by atoms with van der Waals surface area (Å²) in [5, 5.41) is 10.9. The highest BCUT2D eigenvalue weighted by Gasteiger charge is 2.45. The van der Waals surface area contributed by atoms with E-state index < -0.39 is 0 Å². The molecular weight excluding hydrogens is 464 g/mol. The van der Waals surface area contributed by atoms with E-state index in [0.717, 1.165) is 55.3 Å². The topological polar surface area (TPSA) is 90.1 Å². The van der Waals surface area contributed by atoms with Crippen LogP contribution < -0.4 is 10.6 Å². The number of piperazine rings is 1. The van der Waals surface area contributed by atoms with Gasteiger partial charge in [0.05, 0.1) is 12.6 Å². The molecule has 3 aliphatic rings. The Morgan fingerprint density at radius 3 is 2.60 bits per heavy atom. The SMILES string of the molecule is CC(C)c1cc(C2CCN(CC(=O)N3CC4CC3CN4c3cccc(Cl)c3)C2)ccc1O.NC=O. The van der Waals surface area contributed by atoms with Crippen molar-refractivity contribution in [3.05, 3.63) is 58.6 Å². The smallest absolute Gasteiger partial charge is 0.237 e. The molecule has 0 spiro atoms. The lowest BCUT2D eigenvalue weighted by atomic mass is 9.92. The first-order valence-electron chi connectivity index (χ1n) is 12.3. The number of aromatic hydroxyl groups is 1. The Balaban J connectivity index is 0.000000917. The number of rotatable bonds is 5. The minimum absolute atomic E-state index is 0.250. The fourth-order valence-corrected chi connectivity index (χ4v) is 5.95. The Bertz CT molecular complexity index is 1060. The van der Waals surface area contributed by atoms with Crippen molar-refractivity contribution in [3.63, 3.8) is 0 Å². The normalized spacial score (nSPS) is 23.5. The zero-order chi connectivity index (χ0) is 25.1. The second kappa shape index (κ2) is 10.9. The van der Waals surface area contributed by atoms with Gasteiger partial charge in [0.15, 0.2) is 0 Å². The quantitative estimate of drug-likeness (QED) is 0.615. The Labute approximate surface area is 212 Å². The molecule has 3 heterocycles. The van der Waals surface area contributed by atoms with Crippen LogP contribution in [0.15, 0.2) is 42.5 Å². The van der Waals surface area contributed by atoms with Crippen molar-refractivity contribution in [3.8, 4) is 5.75 Å². The highest BCUT2D eigenvalue weighted by molar-refractivity contribution is 6.30. The van der Waals surface area contributed by atoms with E-state index in [1.165, 1.54) is 5.56 Å². The van der Waals surface area contributed by atoms with Gasteiger partial charge in [-0.1, -0.05) is 43.6 Å². The molecule has 188 valence electrons. The van der Waals surface area contributed by atoms with Gasteiger partial charge in [0.2, 0.25) is 12.3 Å². The summed E-state index contributed by atoms with van der Waals surface area (Å²) in [7, 11) is 0. The van der Waals surface area contributed by atoms with Crippen LogP contribution in [0, 0.1) is 0 Å². The van der Waals surface area contributed by atoms with Crippen molar-refractivity contribution in [1.82, 2.24) is 9.80 Å². The van der Waals surface area contributed by atoms with Gasteiger partial charge in [-0.3, -0.25) is 14.5 Å². The van der Waals surface area contributed by atoms with Crippen molar-refractivity contribution in [1.29, 1.82) is 0 Å². The lowest BCUT2D eigenvalue weighted by Crippen LogP contribution is -2.51. The number of fused-ring (bicyclic) bond motifs is 2. The lowest BCUT2D eigenvalue weighted by molar-refractivity contribution is -0.133. The molecule has 3 aliphatic heterocycles. The summed E-state index contributed by atoms with van der Waals surface area (Å²) in [6.45, 7) is 8.28. The molecule has 2 aromatic carbocycles. The number of halogens is 1. The van der Waals surface area contributed by atoms with Gasteiger partial charge in [-0.25, -0.2) is 0 Å². The van der Waals surface area contributed by atoms with Crippen LogP contribution in [0.2, 0.25) is 5.02 Å². The molecule has 3 saturated heterocycles. The van der Waals surface area contributed by atoms with E-state index in [-0.39, 0.29) is 12.3 Å². The Morgan fingerprint density at radius 2 is 1.94 bits per heavy atom. The molecule has 2 amide bonds. The largest absolute Gasteiger partial charge is 0.508 e. The van der Waals surface area contributed by atoms with Gasteiger partial charge in [-0.15, -0.1) is 0 Å². The number of likely N-dealkylation sites (tertiary alicyclic amines) is 2. The summed E-state index contributed by atoms with van der Waals surface area (Å²) in [6, 6.07) is 14.7. The van der Waals surface area contributed by atoms with Crippen molar-refractivity contribution < 1.29 is 14.7 Å². The third-order valence-electron chi connectivity index (χ3n) is 7.48. The third-order valence-corrected chi connectivity index (χ3v) is 7.71. The van der Waals surface area contributed by atoms with Crippen LogP contribution in [0.5, 0.6) is 5.75 Å². The van der Waals surface area contributed by atoms with E-state index in [4.69, 9.17) is 16.4 Å². The second-order valence-corrected chi connectivity index (χ2v) is 10.5. The van der Waals surface area contributed by atoms with Crippen LogP contribution in [-0.2, 0) is 9.59 Å². The van der Waals surface area contributed by atoms with Crippen LogP contribution in [0.3, 0.4) is 0 Å². The van der Waals surface area contributed by atoms with E-state index >= 15 is 0 Å². The second-order valence-electron chi connectivity index (χ2n) is 10.1. The molecule has 2 aromatic rings. The molecule has 3 N–H and O–H groups in total. The first kappa shape index (κ1) is 25.3. The highest BCUT2D eigenvalue weighted by atomic mass is 35.5. The predicted molar refractivity (Wildman–Crippen MR) is 139 cm³/mol. The molecule has 7 nitrogen and oxygen atoms in total. The molecule has 2 bridgehead atoms. The molecule has 0 aliphatic carbocycles. The van der Waals surface area contributed by atoms with Crippen molar-refractivity contribution in [2.75, 3.05) is 37.6 Å². The Morgan fingerprint density at radius 1 is 1.17 bits per heavy atom. The van der Waals surface area contributed by atoms with Gasteiger partial charge >= 0.3 is 0 Å².